The highest BCUT2D eigenvalue weighted by Crippen LogP contribution is 2.41. The minimum absolute atomic E-state index is 0.0112. The van der Waals surface area contributed by atoms with Crippen molar-refractivity contribution in [3.8, 4) is 17.3 Å². The molecule has 0 aliphatic carbocycles. The van der Waals surface area contributed by atoms with Crippen molar-refractivity contribution in [3.63, 3.8) is 0 Å². The summed E-state index contributed by atoms with van der Waals surface area (Å²) in [6.07, 6.45) is 1.68. The van der Waals surface area contributed by atoms with Crippen LogP contribution >= 0.6 is 0 Å². The van der Waals surface area contributed by atoms with E-state index in [-0.39, 0.29) is 6.61 Å². The Kier molecular flexibility index (Phi) is 5.59. The molecular formula is C22H25N7O2. The number of methoxy groups -OCH3 is 1. The molecule has 3 aromatic rings. The Balaban J connectivity index is 1.69. The third-order valence-corrected chi connectivity index (χ3v) is 5.51. The Labute approximate surface area is 180 Å². The van der Waals surface area contributed by atoms with Gasteiger partial charge >= 0.3 is 0 Å². The minimum atomic E-state index is -0.448. The maximum Gasteiger partial charge on any atom is 0.228 e. The van der Waals surface area contributed by atoms with Gasteiger partial charge in [0.2, 0.25) is 5.95 Å². The Morgan fingerprint density at radius 3 is 2.97 bits per heavy atom. The standard InChI is InChI=1S/C22H25N7O2/c1-14-8-19(29(28-14)6-7-31-3)27-21-24-5-4-18(26-21)15-9-16(11-23)20-17(10-15)22(2,13-30)12-25-20/h4-5,8-10,25,30H,6-7,12-13H2,1-3H3,(H,24,26,27). The van der Waals surface area contributed by atoms with Crippen LogP contribution in [0.5, 0.6) is 0 Å². The lowest BCUT2D eigenvalue weighted by Gasteiger charge is -2.21. The molecule has 1 unspecified atom stereocenters. The molecule has 0 saturated heterocycles. The van der Waals surface area contributed by atoms with Crippen molar-refractivity contribution < 1.29 is 9.84 Å². The SMILES string of the molecule is COCCn1nc(C)cc1Nc1nccc(-c2cc(C#N)c3c(c2)C(C)(CO)CN3)n1. The summed E-state index contributed by atoms with van der Waals surface area (Å²) in [6, 6.07) is 9.79. The van der Waals surface area contributed by atoms with E-state index in [4.69, 9.17) is 4.74 Å². The van der Waals surface area contributed by atoms with E-state index in [1.54, 1.807) is 19.4 Å². The Morgan fingerprint density at radius 2 is 2.23 bits per heavy atom. The van der Waals surface area contributed by atoms with Gasteiger partial charge in [-0.05, 0) is 30.7 Å². The molecule has 0 amide bonds. The number of aliphatic hydroxyl groups is 1. The zero-order chi connectivity index (χ0) is 22.0. The molecule has 0 spiro atoms. The summed E-state index contributed by atoms with van der Waals surface area (Å²) >= 11 is 0. The van der Waals surface area contributed by atoms with Crippen molar-refractivity contribution in [2.24, 2.45) is 0 Å². The summed E-state index contributed by atoms with van der Waals surface area (Å²) in [7, 11) is 1.65. The largest absolute Gasteiger partial charge is 0.395 e. The van der Waals surface area contributed by atoms with Crippen molar-refractivity contribution in [1.82, 2.24) is 19.7 Å². The van der Waals surface area contributed by atoms with Crippen LogP contribution in [-0.4, -0.2) is 51.7 Å². The molecule has 3 heterocycles. The van der Waals surface area contributed by atoms with Crippen LogP contribution in [0.4, 0.5) is 17.5 Å². The monoisotopic (exact) mass is 419 g/mol. The van der Waals surface area contributed by atoms with Gasteiger partial charge in [-0.15, -0.1) is 0 Å². The summed E-state index contributed by atoms with van der Waals surface area (Å²) < 4.78 is 6.97. The van der Waals surface area contributed by atoms with E-state index in [1.165, 1.54) is 0 Å². The number of ether oxygens (including phenoxy) is 1. The van der Waals surface area contributed by atoms with Crippen molar-refractivity contribution in [2.45, 2.75) is 25.8 Å². The molecule has 3 N–H and O–H groups in total. The van der Waals surface area contributed by atoms with Crippen LogP contribution in [0.1, 0.15) is 23.7 Å². The van der Waals surface area contributed by atoms with Gasteiger partial charge in [0.1, 0.15) is 11.9 Å². The smallest absolute Gasteiger partial charge is 0.228 e. The average Bonchev–Trinajstić information content (AvgIpc) is 3.31. The second kappa shape index (κ2) is 8.34. The number of hydrogen-bond donors (Lipinski definition) is 3. The van der Waals surface area contributed by atoms with E-state index < -0.39 is 5.41 Å². The lowest BCUT2D eigenvalue weighted by atomic mass is 9.83. The fourth-order valence-corrected chi connectivity index (χ4v) is 3.75. The third-order valence-electron chi connectivity index (χ3n) is 5.51. The van der Waals surface area contributed by atoms with Gasteiger partial charge in [0, 0.05) is 36.9 Å². The first-order chi connectivity index (χ1) is 15.0. The minimum Gasteiger partial charge on any atom is -0.395 e. The highest BCUT2D eigenvalue weighted by Gasteiger charge is 2.35. The fourth-order valence-electron chi connectivity index (χ4n) is 3.75. The van der Waals surface area contributed by atoms with Crippen LogP contribution in [0.25, 0.3) is 11.3 Å². The molecule has 1 aromatic carbocycles. The second-order valence-electron chi connectivity index (χ2n) is 7.91. The molecular weight excluding hydrogens is 394 g/mol. The van der Waals surface area contributed by atoms with Gasteiger partial charge in [-0.1, -0.05) is 6.92 Å². The molecule has 9 heteroatoms. The summed E-state index contributed by atoms with van der Waals surface area (Å²) in [4.78, 5) is 9.00. The average molecular weight is 419 g/mol. The molecule has 1 atom stereocenters. The second-order valence-corrected chi connectivity index (χ2v) is 7.91. The van der Waals surface area contributed by atoms with Gasteiger partial charge in [-0.2, -0.15) is 10.4 Å². The molecule has 9 nitrogen and oxygen atoms in total. The zero-order valence-corrected chi connectivity index (χ0v) is 17.8. The van der Waals surface area contributed by atoms with Crippen LogP contribution in [0.3, 0.4) is 0 Å². The molecule has 0 saturated carbocycles. The normalized spacial score (nSPS) is 17.1. The molecule has 1 aliphatic heterocycles. The van der Waals surface area contributed by atoms with E-state index in [0.717, 1.165) is 28.3 Å². The Morgan fingerprint density at radius 1 is 1.39 bits per heavy atom. The van der Waals surface area contributed by atoms with Gasteiger partial charge in [-0.25, -0.2) is 14.6 Å². The topological polar surface area (TPSA) is 121 Å². The van der Waals surface area contributed by atoms with Crippen LogP contribution in [-0.2, 0) is 16.7 Å². The summed E-state index contributed by atoms with van der Waals surface area (Å²) in [6.45, 7) is 5.62. The van der Waals surface area contributed by atoms with Crippen LogP contribution in [0.15, 0.2) is 30.5 Å². The maximum atomic E-state index is 9.92. The Hall–Kier alpha value is -3.48. The number of aliphatic hydroxyl groups excluding tert-OH is 1. The van der Waals surface area contributed by atoms with Gasteiger partial charge in [0.15, 0.2) is 0 Å². The summed E-state index contributed by atoms with van der Waals surface area (Å²) in [5.41, 5.74) is 4.15. The number of aryl methyl sites for hydroxylation is 1. The van der Waals surface area contributed by atoms with Gasteiger partial charge in [0.05, 0.1) is 42.4 Å². The number of fused-ring (bicyclic) bond motifs is 1. The number of rotatable bonds is 7. The first kappa shape index (κ1) is 20.8. The van der Waals surface area contributed by atoms with E-state index in [9.17, 15) is 10.4 Å². The number of benzene rings is 1. The predicted molar refractivity (Wildman–Crippen MR) is 117 cm³/mol. The number of nitrogens with one attached hydrogen (secondary N) is 2. The van der Waals surface area contributed by atoms with E-state index in [1.807, 2.05) is 36.7 Å². The number of nitrogens with zero attached hydrogens (tertiary/aromatic N) is 5. The maximum absolute atomic E-state index is 9.92. The zero-order valence-electron chi connectivity index (χ0n) is 17.8. The lowest BCUT2D eigenvalue weighted by Crippen LogP contribution is -2.28. The molecule has 160 valence electrons. The van der Waals surface area contributed by atoms with Gasteiger partial charge in [-0.3, -0.25) is 0 Å². The van der Waals surface area contributed by atoms with Crippen LogP contribution in [0.2, 0.25) is 0 Å². The number of anilines is 3. The predicted octanol–water partition coefficient (Wildman–Crippen LogP) is 2.59. The molecule has 0 bridgehead atoms. The molecule has 2 aromatic heterocycles. The highest BCUT2D eigenvalue weighted by molar-refractivity contribution is 5.76. The third kappa shape index (κ3) is 3.95. The van der Waals surface area contributed by atoms with E-state index in [0.29, 0.717) is 36.9 Å². The first-order valence-corrected chi connectivity index (χ1v) is 10.0. The van der Waals surface area contributed by atoms with E-state index in [2.05, 4.69) is 31.8 Å². The lowest BCUT2D eigenvalue weighted by molar-refractivity contribution is 0.184. The highest BCUT2D eigenvalue weighted by atomic mass is 16.5. The fraction of sp³-hybridized carbons (Fsp3) is 0.364. The van der Waals surface area contributed by atoms with Crippen LogP contribution < -0.4 is 10.6 Å². The number of nitriles is 1. The van der Waals surface area contributed by atoms with E-state index >= 15 is 0 Å². The number of hydrogen-bond acceptors (Lipinski definition) is 8. The molecule has 4 rings (SSSR count). The Bertz CT molecular complexity index is 1150. The van der Waals surface area contributed by atoms with Crippen molar-refractivity contribution >= 4 is 17.5 Å². The van der Waals surface area contributed by atoms with Gasteiger partial charge in [0.25, 0.3) is 0 Å². The molecule has 0 radical (unpaired) electrons. The first-order valence-electron chi connectivity index (χ1n) is 10.0. The van der Waals surface area contributed by atoms with Crippen LogP contribution in [0, 0.1) is 18.3 Å². The molecule has 31 heavy (non-hydrogen) atoms. The van der Waals surface area contributed by atoms with Crippen molar-refractivity contribution in [3.05, 3.63) is 47.3 Å². The van der Waals surface area contributed by atoms with Crippen molar-refractivity contribution in [2.75, 3.05) is 37.5 Å². The molecule has 0 fully saturated rings. The summed E-state index contributed by atoms with van der Waals surface area (Å²) in [5, 5.41) is 30.5. The van der Waals surface area contributed by atoms with Gasteiger partial charge < -0.3 is 20.5 Å². The number of aromatic nitrogens is 4. The molecule has 1 aliphatic rings. The quantitative estimate of drug-likeness (QED) is 0.534. The summed E-state index contributed by atoms with van der Waals surface area (Å²) in [5.74, 6) is 1.20. The van der Waals surface area contributed by atoms with Crippen molar-refractivity contribution in [1.29, 1.82) is 5.26 Å².